The molecule has 4 N–H and O–H groups in total. The van der Waals surface area contributed by atoms with E-state index in [4.69, 9.17) is 5.73 Å². The molecule has 1 atom stereocenters. The van der Waals surface area contributed by atoms with Gasteiger partial charge < -0.3 is 16.4 Å². The Bertz CT molecular complexity index is 453. The molecule has 0 radical (unpaired) electrons. The van der Waals surface area contributed by atoms with Crippen LogP contribution in [0.2, 0.25) is 0 Å². The van der Waals surface area contributed by atoms with Gasteiger partial charge in [0.25, 0.3) is 5.91 Å². The zero-order chi connectivity index (χ0) is 14.6. The summed E-state index contributed by atoms with van der Waals surface area (Å²) < 4.78 is 0. The summed E-state index contributed by atoms with van der Waals surface area (Å²) in [7, 11) is 1.73. The summed E-state index contributed by atoms with van der Waals surface area (Å²) in [6, 6.07) is 0.185. The first-order chi connectivity index (χ1) is 8.79. The highest BCUT2D eigenvalue weighted by Crippen LogP contribution is 2.26. The van der Waals surface area contributed by atoms with Crippen molar-refractivity contribution >= 4 is 17.7 Å². The molecule has 1 aromatic rings. The van der Waals surface area contributed by atoms with Crippen LogP contribution in [-0.2, 0) is 0 Å². The molecule has 0 aromatic carbocycles. The number of aromatic nitrogens is 2. The van der Waals surface area contributed by atoms with Crippen molar-refractivity contribution in [3.8, 4) is 0 Å². The molecule has 0 saturated heterocycles. The normalized spacial score (nSPS) is 12.9. The van der Waals surface area contributed by atoms with Gasteiger partial charge in [0, 0.05) is 19.3 Å². The standard InChI is InChI=1S/C13H23N5O/c1-6-9(13(2,3)4)17-11-8(10(14)19)7-16-12(15-5)18-11/h7,9H,6H2,1-5H3,(H2,14,19)(H2,15,16,17,18)/t9-/m1/s1. The number of anilines is 2. The van der Waals surface area contributed by atoms with Crippen molar-refractivity contribution in [1.29, 1.82) is 0 Å². The van der Waals surface area contributed by atoms with E-state index < -0.39 is 5.91 Å². The van der Waals surface area contributed by atoms with E-state index in [2.05, 4.69) is 48.3 Å². The average molecular weight is 265 g/mol. The van der Waals surface area contributed by atoms with E-state index in [1.54, 1.807) is 7.05 Å². The second-order valence-corrected chi connectivity index (χ2v) is 5.54. The van der Waals surface area contributed by atoms with Crippen LogP contribution in [0, 0.1) is 5.41 Å². The van der Waals surface area contributed by atoms with Crippen molar-refractivity contribution in [2.75, 3.05) is 17.7 Å². The minimum absolute atomic E-state index is 0.0500. The maximum Gasteiger partial charge on any atom is 0.254 e. The third-order valence-corrected chi connectivity index (χ3v) is 3.04. The molecular weight excluding hydrogens is 242 g/mol. The Balaban J connectivity index is 3.13. The molecule has 0 saturated carbocycles. The van der Waals surface area contributed by atoms with E-state index >= 15 is 0 Å². The number of nitrogens with one attached hydrogen (secondary N) is 2. The number of rotatable bonds is 5. The Kier molecular flexibility index (Phi) is 4.69. The van der Waals surface area contributed by atoms with Crippen molar-refractivity contribution in [2.45, 2.75) is 40.2 Å². The largest absolute Gasteiger partial charge is 0.366 e. The van der Waals surface area contributed by atoms with Crippen LogP contribution in [0.25, 0.3) is 0 Å². The molecular formula is C13H23N5O. The fraction of sp³-hybridized carbons (Fsp3) is 0.615. The molecule has 0 spiro atoms. The second kappa shape index (κ2) is 5.86. The molecule has 0 aliphatic carbocycles. The van der Waals surface area contributed by atoms with E-state index in [0.29, 0.717) is 17.3 Å². The molecule has 1 rings (SSSR count). The molecule has 1 heterocycles. The lowest BCUT2D eigenvalue weighted by Gasteiger charge is -2.31. The highest BCUT2D eigenvalue weighted by atomic mass is 16.1. The second-order valence-electron chi connectivity index (χ2n) is 5.54. The van der Waals surface area contributed by atoms with Crippen LogP contribution in [0.1, 0.15) is 44.5 Å². The number of carbonyl (C=O) groups excluding carboxylic acids is 1. The maximum atomic E-state index is 11.4. The predicted octanol–water partition coefficient (Wildman–Crippen LogP) is 1.85. The smallest absolute Gasteiger partial charge is 0.254 e. The highest BCUT2D eigenvalue weighted by molar-refractivity contribution is 5.97. The molecule has 0 aliphatic heterocycles. The zero-order valence-corrected chi connectivity index (χ0v) is 12.2. The first-order valence-electron chi connectivity index (χ1n) is 6.40. The number of nitrogens with zero attached hydrogens (tertiary/aromatic N) is 2. The minimum Gasteiger partial charge on any atom is -0.366 e. The number of hydrogen-bond acceptors (Lipinski definition) is 5. The summed E-state index contributed by atoms with van der Waals surface area (Å²) in [6.45, 7) is 8.50. The monoisotopic (exact) mass is 265 g/mol. The highest BCUT2D eigenvalue weighted by Gasteiger charge is 2.25. The Hall–Kier alpha value is -1.85. The first-order valence-corrected chi connectivity index (χ1v) is 6.40. The SMILES string of the molecule is CC[C@@H](Nc1nc(NC)ncc1C(N)=O)C(C)(C)C. The molecule has 1 aromatic heterocycles. The Labute approximate surface area is 114 Å². The van der Waals surface area contributed by atoms with Gasteiger partial charge in [0.2, 0.25) is 5.95 Å². The summed E-state index contributed by atoms with van der Waals surface area (Å²) in [5, 5.41) is 6.15. The van der Waals surface area contributed by atoms with Gasteiger partial charge in [0.15, 0.2) is 0 Å². The molecule has 0 fully saturated rings. The lowest BCUT2D eigenvalue weighted by Crippen LogP contribution is -2.34. The maximum absolute atomic E-state index is 11.4. The van der Waals surface area contributed by atoms with Gasteiger partial charge in [0.1, 0.15) is 5.82 Å². The molecule has 6 nitrogen and oxygen atoms in total. The van der Waals surface area contributed by atoms with Crippen LogP contribution in [-0.4, -0.2) is 29.0 Å². The molecule has 1 amide bonds. The summed E-state index contributed by atoms with van der Waals surface area (Å²) in [5.74, 6) is 0.402. The Morgan fingerprint density at radius 3 is 2.53 bits per heavy atom. The van der Waals surface area contributed by atoms with Crippen LogP contribution in [0.15, 0.2) is 6.20 Å². The third kappa shape index (κ3) is 3.81. The van der Waals surface area contributed by atoms with Crippen molar-refractivity contribution in [2.24, 2.45) is 11.1 Å². The summed E-state index contributed by atoms with van der Waals surface area (Å²) in [4.78, 5) is 19.7. The fourth-order valence-corrected chi connectivity index (χ4v) is 1.89. The number of carbonyl (C=O) groups is 1. The van der Waals surface area contributed by atoms with E-state index in [1.807, 2.05) is 0 Å². The molecule has 19 heavy (non-hydrogen) atoms. The molecule has 6 heteroatoms. The summed E-state index contributed by atoms with van der Waals surface area (Å²) in [5.41, 5.74) is 5.71. The van der Waals surface area contributed by atoms with Crippen molar-refractivity contribution in [1.82, 2.24) is 9.97 Å². The van der Waals surface area contributed by atoms with Gasteiger partial charge >= 0.3 is 0 Å². The summed E-state index contributed by atoms with van der Waals surface area (Å²) >= 11 is 0. The number of amides is 1. The van der Waals surface area contributed by atoms with Gasteiger partial charge in [-0.05, 0) is 11.8 Å². The first kappa shape index (κ1) is 15.2. The lowest BCUT2D eigenvalue weighted by molar-refractivity contribution is 0.1000. The van der Waals surface area contributed by atoms with Crippen LogP contribution >= 0.6 is 0 Å². The van der Waals surface area contributed by atoms with Gasteiger partial charge in [-0.1, -0.05) is 27.7 Å². The predicted molar refractivity (Wildman–Crippen MR) is 77.3 cm³/mol. The zero-order valence-electron chi connectivity index (χ0n) is 12.2. The molecule has 0 aliphatic rings. The van der Waals surface area contributed by atoms with Gasteiger partial charge in [0.05, 0.1) is 5.56 Å². The molecule has 106 valence electrons. The van der Waals surface area contributed by atoms with Crippen LogP contribution in [0.3, 0.4) is 0 Å². The van der Waals surface area contributed by atoms with Crippen LogP contribution in [0.4, 0.5) is 11.8 Å². The van der Waals surface area contributed by atoms with E-state index in [-0.39, 0.29) is 11.5 Å². The van der Waals surface area contributed by atoms with Gasteiger partial charge in [-0.25, -0.2) is 4.98 Å². The Morgan fingerprint density at radius 1 is 1.47 bits per heavy atom. The van der Waals surface area contributed by atoms with Crippen LogP contribution < -0.4 is 16.4 Å². The number of nitrogens with two attached hydrogens (primary N) is 1. The Morgan fingerprint density at radius 2 is 2.11 bits per heavy atom. The van der Waals surface area contributed by atoms with E-state index in [9.17, 15) is 4.79 Å². The molecule has 0 unspecified atom stereocenters. The quantitative estimate of drug-likeness (QED) is 0.755. The molecule has 0 bridgehead atoms. The topological polar surface area (TPSA) is 92.9 Å². The average Bonchev–Trinajstić information content (AvgIpc) is 2.33. The van der Waals surface area contributed by atoms with Gasteiger partial charge in [-0.3, -0.25) is 4.79 Å². The van der Waals surface area contributed by atoms with E-state index in [1.165, 1.54) is 6.20 Å². The minimum atomic E-state index is -0.533. The lowest BCUT2D eigenvalue weighted by atomic mass is 9.85. The fourth-order valence-electron chi connectivity index (χ4n) is 1.89. The van der Waals surface area contributed by atoms with Gasteiger partial charge in [-0.15, -0.1) is 0 Å². The van der Waals surface area contributed by atoms with Crippen molar-refractivity contribution < 1.29 is 4.79 Å². The van der Waals surface area contributed by atoms with E-state index in [0.717, 1.165) is 6.42 Å². The number of hydrogen-bond donors (Lipinski definition) is 3. The summed E-state index contributed by atoms with van der Waals surface area (Å²) in [6.07, 6.45) is 2.36. The van der Waals surface area contributed by atoms with Crippen molar-refractivity contribution in [3.05, 3.63) is 11.8 Å². The van der Waals surface area contributed by atoms with Gasteiger partial charge in [-0.2, -0.15) is 4.98 Å². The number of primary amides is 1. The van der Waals surface area contributed by atoms with Crippen LogP contribution in [0.5, 0.6) is 0 Å². The van der Waals surface area contributed by atoms with Crippen molar-refractivity contribution in [3.63, 3.8) is 0 Å². The third-order valence-electron chi connectivity index (χ3n) is 3.04.